The Morgan fingerprint density at radius 1 is 0.909 bits per heavy atom. The molecule has 2 N–H and O–H groups in total. The number of rotatable bonds is 5. The van der Waals surface area contributed by atoms with Crippen molar-refractivity contribution in [3.63, 3.8) is 0 Å². The molecular weight excluding hydrogens is 296 g/mol. The van der Waals surface area contributed by atoms with Gasteiger partial charge in [-0.25, -0.2) is 0 Å². The molecule has 0 atom stereocenters. The average molecular weight is 314 g/mol. The van der Waals surface area contributed by atoms with E-state index in [4.69, 9.17) is 0 Å². The lowest BCUT2D eigenvalue weighted by molar-refractivity contribution is 0.0962. The number of amides is 2. The van der Waals surface area contributed by atoms with Crippen LogP contribution in [0.25, 0.3) is 0 Å². The molecular formula is C17H18N2O2S. The van der Waals surface area contributed by atoms with Gasteiger partial charge >= 0.3 is 0 Å². The summed E-state index contributed by atoms with van der Waals surface area (Å²) in [6.07, 6.45) is 2.04. The van der Waals surface area contributed by atoms with Gasteiger partial charge in [0.25, 0.3) is 11.8 Å². The van der Waals surface area contributed by atoms with E-state index in [1.165, 1.54) is 5.56 Å². The van der Waals surface area contributed by atoms with Gasteiger partial charge in [0.1, 0.15) is 0 Å². The number of hydrogen-bond donors (Lipinski definition) is 2. The lowest BCUT2D eigenvalue weighted by Crippen LogP contribution is -2.17. The van der Waals surface area contributed by atoms with Gasteiger partial charge in [-0.15, -0.1) is 0 Å². The smallest absolute Gasteiger partial charge is 0.255 e. The molecule has 0 aromatic heterocycles. The van der Waals surface area contributed by atoms with E-state index >= 15 is 0 Å². The van der Waals surface area contributed by atoms with Crippen molar-refractivity contribution in [3.8, 4) is 0 Å². The van der Waals surface area contributed by atoms with E-state index in [1.54, 1.807) is 43.1 Å². The summed E-state index contributed by atoms with van der Waals surface area (Å²) in [6.45, 7) is 0. The van der Waals surface area contributed by atoms with Crippen LogP contribution < -0.4 is 10.6 Å². The third-order valence-electron chi connectivity index (χ3n) is 3.16. The van der Waals surface area contributed by atoms with Gasteiger partial charge < -0.3 is 10.6 Å². The van der Waals surface area contributed by atoms with E-state index in [-0.39, 0.29) is 11.8 Å². The number of hydrogen-bond acceptors (Lipinski definition) is 3. The fourth-order valence-electron chi connectivity index (χ4n) is 1.97. The predicted octanol–water partition coefficient (Wildman–Crippen LogP) is 3.16. The molecule has 2 amide bonds. The molecule has 0 heterocycles. The van der Waals surface area contributed by atoms with Gasteiger partial charge in [-0.05, 0) is 48.2 Å². The molecule has 4 nitrogen and oxygen atoms in total. The molecule has 114 valence electrons. The molecule has 0 aliphatic rings. The largest absolute Gasteiger partial charge is 0.355 e. The highest BCUT2D eigenvalue weighted by Crippen LogP contribution is 2.14. The van der Waals surface area contributed by atoms with Crippen LogP contribution in [-0.4, -0.2) is 25.1 Å². The van der Waals surface area contributed by atoms with Crippen LogP contribution in [0.4, 0.5) is 5.69 Å². The minimum Gasteiger partial charge on any atom is -0.355 e. The highest BCUT2D eigenvalue weighted by Gasteiger charge is 2.07. The third kappa shape index (κ3) is 4.11. The summed E-state index contributed by atoms with van der Waals surface area (Å²) in [7, 11) is 1.58. The zero-order valence-electron chi connectivity index (χ0n) is 12.6. The summed E-state index contributed by atoms with van der Waals surface area (Å²) in [6, 6.07) is 14.3. The summed E-state index contributed by atoms with van der Waals surface area (Å²) in [5.74, 6) is 0.619. The maximum atomic E-state index is 12.2. The van der Waals surface area contributed by atoms with Crippen LogP contribution in [0.2, 0.25) is 0 Å². The van der Waals surface area contributed by atoms with Crippen molar-refractivity contribution in [2.24, 2.45) is 0 Å². The molecule has 0 unspecified atom stereocenters. The quantitative estimate of drug-likeness (QED) is 0.891. The minimum absolute atomic E-state index is 0.151. The van der Waals surface area contributed by atoms with Gasteiger partial charge in [0.05, 0.1) is 0 Å². The Morgan fingerprint density at radius 3 is 2.00 bits per heavy atom. The number of thioether (sulfide) groups is 1. The Kier molecular flexibility index (Phi) is 5.61. The lowest BCUT2D eigenvalue weighted by atomic mass is 10.1. The zero-order chi connectivity index (χ0) is 15.9. The Balaban J connectivity index is 2.03. The molecule has 0 fully saturated rings. The summed E-state index contributed by atoms with van der Waals surface area (Å²) >= 11 is 1.74. The van der Waals surface area contributed by atoms with E-state index in [2.05, 4.69) is 10.6 Å². The van der Waals surface area contributed by atoms with Gasteiger partial charge in [0.15, 0.2) is 0 Å². The Bertz CT molecular complexity index is 651. The fraction of sp³-hybridized carbons (Fsp3) is 0.176. The van der Waals surface area contributed by atoms with Crippen molar-refractivity contribution < 1.29 is 9.59 Å². The van der Waals surface area contributed by atoms with Crippen LogP contribution in [0, 0.1) is 0 Å². The average Bonchev–Trinajstić information content (AvgIpc) is 2.55. The molecule has 2 aromatic carbocycles. The SMILES string of the molecule is CNC(=O)c1ccc(NC(=O)c2ccc(CSC)cc2)cc1. The number of carbonyl (C=O) groups excluding carboxylic acids is 2. The van der Waals surface area contributed by atoms with E-state index in [1.807, 2.05) is 30.5 Å². The van der Waals surface area contributed by atoms with Crippen LogP contribution in [0.1, 0.15) is 26.3 Å². The summed E-state index contributed by atoms with van der Waals surface area (Å²) in [5, 5.41) is 5.37. The number of anilines is 1. The van der Waals surface area contributed by atoms with Gasteiger partial charge in [0, 0.05) is 29.6 Å². The van der Waals surface area contributed by atoms with Crippen molar-refractivity contribution in [2.75, 3.05) is 18.6 Å². The molecule has 0 spiro atoms. The zero-order valence-corrected chi connectivity index (χ0v) is 13.4. The molecule has 2 aromatic rings. The first kappa shape index (κ1) is 16.1. The van der Waals surface area contributed by atoms with Crippen LogP contribution in [0.5, 0.6) is 0 Å². The van der Waals surface area contributed by atoms with E-state index < -0.39 is 0 Å². The normalized spacial score (nSPS) is 10.1. The minimum atomic E-state index is -0.164. The standard InChI is InChI=1S/C17H18N2O2S/c1-18-16(20)13-7-9-15(10-8-13)19-17(21)14-5-3-12(4-6-14)11-22-2/h3-10H,11H2,1-2H3,(H,18,20)(H,19,21). The molecule has 5 heteroatoms. The second-order valence-corrected chi connectivity index (χ2v) is 5.61. The second-order valence-electron chi connectivity index (χ2n) is 4.74. The molecule has 22 heavy (non-hydrogen) atoms. The van der Waals surface area contributed by atoms with Crippen LogP contribution >= 0.6 is 11.8 Å². The van der Waals surface area contributed by atoms with Crippen molar-refractivity contribution >= 4 is 29.3 Å². The molecule has 0 aliphatic heterocycles. The van der Waals surface area contributed by atoms with Crippen LogP contribution in [-0.2, 0) is 5.75 Å². The number of nitrogens with one attached hydrogen (secondary N) is 2. The Morgan fingerprint density at radius 2 is 1.45 bits per heavy atom. The van der Waals surface area contributed by atoms with Gasteiger partial charge in [-0.2, -0.15) is 11.8 Å². The Labute approximate surface area is 134 Å². The van der Waals surface area contributed by atoms with Crippen molar-refractivity contribution in [2.45, 2.75) is 5.75 Å². The van der Waals surface area contributed by atoms with Crippen molar-refractivity contribution in [1.29, 1.82) is 0 Å². The number of carbonyl (C=O) groups is 2. The third-order valence-corrected chi connectivity index (χ3v) is 3.78. The fourth-order valence-corrected chi connectivity index (χ4v) is 2.50. The highest BCUT2D eigenvalue weighted by molar-refractivity contribution is 7.97. The predicted molar refractivity (Wildman–Crippen MR) is 91.4 cm³/mol. The molecule has 0 bridgehead atoms. The lowest BCUT2D eigenvalue weighted by Gasteiger charge is -2.07. The van der Waals surface area contributed by atoms with Crippen molar-refractivity contribution in [1.82, 2.24) is 5.32 Å². The first-order valence-electron chi connectivity index (χ1n) is 6.85. The van der Waals surface area contributed by atoms with E-state index in [9.17, 15) is 9.59 Å². The van der Waals surface area contributed by atoms with Crippen LogP contribution in [0.15, 0.2) is 48.5 Å². The number of benzene rings is 2. The summed E-state index contributed by atoms with van der Waals surface area (Å²) < 4.78 is 0. The van der Waals surface area contributed by atoms with Gasteiger partial charge in [0.2, 0.25) is 0 Å². The van der Waals surface area contributed by atoms with Crippen LogP contribution in [0.3, 0.4) is 0 Å². The first-order chi connectivity index (χ1) is 10.6. The van der Waals surface area contributed by atoms with Gasteiger partial charge in [-0.1, -0.05) is 12.1 Å². The Hall–Kier alpha value is -2.27. The molecule has 0 aliphatic carbocycles. The first-order valence-corrected chi connectivity index (χ1v) is 8.25. The molecule has 0 saturated carbocycles. The van der Waals surface area contributed by atoms with E-state index in [0.717, 1.165) is 5.75 Å². The monoisotopic (exact) mass is 314 g/mol. The summed E-state index contributed by atoms with van der Waals surface area (Å²) in [4.78, 5) is 23.6. The van der Waals surface area contributed by atoms with Gasteiger partial charge in [-0.3, -0.25) is 9.59 Å². The second kappa shape index (κ2) is 7.66. The molecule has 2 rings (SSSR count). The van der Waals surface area contributed by atoms with E-state index in [0.29, 0.717) is 16.8 Å². The molecule has 0 saturated heterocycles. The van der Waals surface area contributed by atoms with Crippen molar-refractivity contribution in [3.05, 3.63) is 65.2 Å². The maximum Gasteiger partial charge on any atom is 0.255 e. The summed E-state index contributed by atoms with van der Waals surface area (Å²) in [5.41, 5.74) is 3.02. The highest BCUT2D eigenvalue weighted by atomic mass is 32.2. The topological polar surface area (TPSA) is 58.2 Å². The molecule has 0 radical (unpaired) electrons. The maximum absolute atomic E-state index is 12.2.